The number of aryl methyl sites for hydroxylation is 3. The molecule has 214 valence electrons. The minimum atomic E-state index is -3.81. The second-order valence-electron chi connectivity index (χ2n) is 10.9. The maximum absolute atomic E-state index is 14.2. The normalized spacial score (nSPS) is 12.2. The summed E-state index contributed by atoms with van der Waals surface area (Å²) in [5, 5.41) is 3.00. The molecule has 2 amide bonds. The third kappa shape index (κ3) is 8.42. The van der Waals surface area contributed by atoms with E-state index >= 15 is 0 Å². The summed E-state index contributed by atoms with van der Waals surface area (Å²) in [6, 6.07) is 22.0. The van der Waals surface area contributed by atoms with Crippen LogP contribution in [0, 0.1) is 26.7 Å². The van der Waals surface area contributed by atoms with Crippen molar-refractivity contribution < 1.29 is 18.0 Å². The molecule has 0 aliphatic heterocycles. The van der Waals surface area contributed by atoms with Crippen molar-refractivity contribution in [3.8, 4) is 0 Å². The molecular weight excluding hydrogens is 522 g/mol. The second kappa shape index (κ2) is 13.6. The highest BCUT2D eigenvalue weighted by Crippen LogP contribution is 2.27. The van der Waals surface area contributed by atoms with Gasteiger partial charge in [0.05, 0.1) is 11.9 Å². The molecule has 0 saturated heterocycles. The Labute approximate surface area is 239 Å². The number of hydrogen-bond acceptors (Lipinski definition) is 4. The summed E-state index contributed by atoms with van der Waals surface area (Å²) < 4.78 is 27.2. The predicted molar refractivity (Wildman–Crippen MR) is 162 cm³/mol. The van der Waals surface area contributed by atoms with Crippen LogP contribution in [-0.4, -0.2) is 50.5 Å². The Kier molecular flexibility index (Phi) is 10.5. The monoisotopic (exact) mass is 563 g/mol. The van der Waals surface area contributed by atoms with Gasteiger partial charge in [-0.1, -0.05) is 92.2 Å². The van der Waals surface area contributed by atoms with Crippen LogP contribution in [0.2, 0.25) is 0 Å². The number of hydrogen-bond donors (Lipinski definition) is 1. The van der Waals surface area contributed by atoms with Gasteiger partial charge in [0.2, 0.25) is 21.8 Å². The average Bonchev–Trinajstić information content (AvgIpc) is 2.89. The van der Waals surface area contributed by atoms with Crippen LogP contribution in [0.5, 0.6) is 0 Å². The van der Waals surface area contributed by atoms with E-state index in [2.05, 4.69) is 5.32 Å². The van der Waals surface area contributed by atoms with Crippen LogP contribution >= 0.6 is 0 Å². The number of benzene rings is 3. The zero-order chi connectivity index (χ0) is 29.4. The molecule has 0 bridgehead atoms. The molecule has 0 saturated carbocycles. The molecule has 0 heterocycles. The molecule has 3 rings (SSSR count). The van der Waals surface area contributed by atoms with Gasteiger partial charge in [0, 0.05) is 19.5 Å². The van der Waals surface area contributed by atoms with Gasteiger partial charge < -0.3 is 10.2 Å². The van der Waals surface area contributed by atoms with E-state index in [1.807, 2.05) is 107 Å². The van der Waals surface area contributed by atoms with Crippen molar-refractivity contribution in [2.45, 2.75) is 53.6 Å². The van der Waals surface area contributed by atoms with E-state index in [1.54, 1.807) is 0 Å². The van der Waals surface area contributed by atoms with Crippen molar-refractivity contribution in [1.29, 1.82) is 0 Å². The van der Waals surface area contributed by atoms with E-state index in [0.717, 1.165) is 38.4 Å². The lowest BCUT2D eigenvalue weighted by Crippen LogP contribution is -2.53. The van der Waals surface area contributed by atoms with Crippen molar-refractivity contribution in [3.05, 3.63) is 101 Å². The van der Waals surface area contributed by atoms with Crippen molar-refractivity contribution in [3.63, 3.8) is 0 Å². The molecule has 3 aromatic rings. The van der Waals surface area contributed by atoms with Crippen LogP contribution in [0.3, 0.4) is 0 Å². The summed E-state index contributed by atoms with van der Waals surface area (Å²) in [5.74, 6) is -0.488. The van der Waals surface area contributed by atoms with E-state index in [1.165, 1.54) is 4.90 Å². The Morgan fingerprint density at radius 3 is 1.98 bits per heavy atom. The highest BCUT2D eigenvalue weighted by atomic mass is 32.2. The fraction of sp³-hybridized carbons (Fsp3) is 0.375. The maximum Gasteiger partial charge on any atom is 0.244 e. The third-order valence-electron chi connectivity index (χ3n) is 6.80. The number of nitrogens with zero attached hydrogens (tertiary/aromatic N) is 2. The smallest absolute Gasteiger partial charge is 0.244 e. The lowest BCUT2D eigenvalue weighted by Gasteiger charge is -2.34. The second-order valence-corrected chi connectivity index (χ2v) is 12.8. The number of sulfonamides is 1. The highest BCUT2D eigenvalue weighted by molar-refractivity contribution is 7.92. The van der Waals surface area contributed by atoms with E-state index < -0.39 is 28.5 Å². The van der Waals surface area contributed by atoms with Crippen LogP contribution < -0.4 is 9.62 Å². The molecule has 40 heavy (non-hydrogen) atoms. The fourth-order valence-corrected chi connectivity index (χ4v) is 5.61. The van der Waals surface area contributed by atoms with Gasteiger partial charge in [0.15, 0.2) is 0 Å². The van der Waals surface area contributed by atoms with Gasteiger partial charge in [-0.25, -0.2) is 8.42 Å². The lowest BCUT2D eigenvalue weighted by atomic mass is 10.0. The van der Waals surface area contributed by atoms with Gasteiger partial charge >= 0.3 is 0 Å². The molecule has 8 heteroatoms. The van der Waals surface area contributed by atoms with Crippen LogP contribution in [0.1, 0.15) is 41.7 Å². The van der Waals surface area contributed by atoms with Crippen molar-refractivity contribution in [2.75, 3.05) is 23.7 Å². The summed E-state index contributed by atoms with van der Waals surface area (Å²) >= 11 is 0. The molecule has 0 aromatic heterocycles. The Bertz CT molecular complexity index is 1380. The number of nitrogens with one attached hydrogen (secondary N) is 1. The molecule has 0 fully saturated rings. The number of para-hydroxylation sites is 1. The first-order chi connectivity index (χ1) is 18.9. The molecule has 3 aromatic carbocycles. The van der Waals surface area contributed by atoms with Gasteiger partial charge in [-0.05, 0) is 48.9 Å². The molecular formula is C32H41N3O4S. The molecule has 0 radical (unpaired) electrons. The Morgan fingerprint density at radius 1 is 0.825 bits per heavy atom. The van der Waals surface area contributed by atoms with Crippen LogP contribution in [0.25, 0.3) is 0 Å². The Morgan fingerprint density at radius 2 is 1.43 bits per heavy atom. The minimum absolute atomic E-state index is 0.163. The van der Waals surface area contributed by atoms with Gasteiger partial charge in [-0.2, -0.15) is 0 Å². The number of carbonyl (C=O) groups excluding carboxylic acids is 2. The van der Waals surface area contributed by atoms with Crippen molar-refractivity contribution in [1.82, 2.24) is 10.2 Å². The number of rotatable bonds is 12. The first kappa shape index (κ1) is 30.9. The molecule has 0 aliphatic rings. The largest absolute Gasteiger partial charge is 0.354 e. The van der Waals surface area contributed by atoms with Gasteiger partial charge in [-0.15, -0.1) is 0 Å². The molecule has 1 unspecified atom stereocenters. The van der Waals surface area contributed by atoms with Gasteiger partial charge in [0.1, 0.15) is 12.6 Å². The summed E-state index contributed by atoms with van der Waals surface area (Å²) in [6.45, 7) is 9.87. The molecule has 7 nitrogen and oxygen atoms in total. The average molecular weight is 564 g/mol. The minimum Gasteiger partial charge on any atom is -0.354 e. The molecule has 0 spiro atoms. The summed E-state index contributed by atoms with van der Waals surface area (Å²) in [5.41, 5.74) is 4.82. The quantitative estimate of drug-likeness (QED) is 0.343. The van der Waals surface area contributed by atoms with Crippen LogP contribution in [-0.2, 0) is 32.6 Å². The summed E-state index contributed by atoms with van der Waals surface area (Å²) in [4.78, 5) is 29.4. The SMILES string of the molecule is Cc1ccc(CN(C(=O)CN(c2c(C)cccc2C)S(C)(=O)=O)C(Cc2ccccc2)C(=O)NCC(C)C)cc1. The lowest BCUT2D eigenvalue weighted by molar-refractivity contribution is -0.140. The number of anilines is 1. The van der Waals surface area contributed by atoms with Crippen molar-refractivity contribution >= 4 is 27.5 Å². The maximum atomic E-state index is 14.2. The first-order valence-electron chi connectivity index (χ1n) is 13.6. The zero-order valence-electron chi connectivity index (χ0n) is 24.3. The van der Waals surface area contributed by atoms with Crippen molar-refractivity contribution in [2.24, 2.45) is 5.92 Å². The summed E-state index contributed by atoms with van der Waals surface area (Å²) in [6.07, 6.45) is 1.40. The predicted octanol–water partition coefficient (Wildman–Crippen LogP) is 4.79. The number of amides is 2. The Balaban J connectivity index is 2.07. The number of carbonyl (C=O) groups is 2. The standard InChI is InChI=1S/C32H41N3O4S/c1-23(2)20-33-32(37)29(19-27-13-8-7-9-14-27)34(21-28-17-15-24(3)16-18-28)30(36)22-35(40(6,38)39)31-25(4)11-10-12-26(31)5/h7-18,23,29H,19-22H2,1-6H3,(H,33,37). The third-order valence-corrected chi connectivity index (χ3v) is 7.91. The molecule has 0 aliphatic carbocycles. The van der Waals surface area contributed by atoms with E-state index in [-0.39, 0.29) is 18.4 Å². The van der Waals surface area contributed by atoms with Crippen LogP contribution in [0.4, 0.5) is 5.69 Å². The van der Waals surface area contributed by atoms with Gasteiger partial charge in [-0.3, -0.25) is 13.9 Å². The van der Waals surface area contributed by atoms with E-state index in [9.17, 15) is 18.0 Å². The first-order valence-corrected chi connectivity index (χ1v) is 15.4. The van der Waals surface area contributed by atoms with Crippen LogP contribution in [0.15, 0.2) is 72.8 Å². The molecule has 1 N–H and O–H groups in total. The van der Waals surface area contributed by atoms with E-state index in [4.69, 9.17) is 0 Å². The highest BCUT2D eigenvalue weighted by Gasteiger charge is 2.33. The fourth-order valence-electron chi connectivity index (χ4n) is 4.64. The Hall–Kier alpha value is -3.65. The topological polar surface area (TPSA) is 86.8 Å². The van der Waals surface area contributed by atoms with Gasteiger partial charge in [0.25, 0.3) is 0 Å². The zero-order valence-corrected chi connectivity index (χ0v) is 25.2. The summed E-state index contributed by atoms with van der Waals surface area (Å²) in [7, 11) is -3.81. The van der Waals surface area contributed by atoms with E-state index in [0.29, 0.717) is 18.7 Å². The molecule has 1 atom stereocenters.